The highest BCUT2D eigenvalue weighted by Gasteiger charge is 2.09. The van der Waals surface area contributed by atoms with Crippen LogP contribution in [-0.4, -0.2) is 5.11 Å². The van der Waals surface area contributed by atoms with Crippen LogP contribution in [0, 0.1) is 19.7 Å². The summed E-state index contributed by atoms with van der Waals surface area (Å²) in [5, 5.41) is 9.09. The van der Waals surface area contributed by atoms with Crippen LogP contribution in [0.4, 0.5) is 4.39 Å². The molecule has 1 nitrogen and oxygen atoms in total. The van der Waals surface area contributed by atoms with E-state index in [0.29, 0.717) is 10.0 Å². The van der Waals surface area contributed by atoms with Crippen LogP contribution in [0.5, 0.6) is 5.75 Å². The van der Waals surface area contributed by atoms with Crippen molar-refractivity contribution in [3.05, 3.63) is 27.5 Å². The minimum Gasteiger partial charge on any atom is -0.504 e. The molecule has 11 heavy (non-hydrogen) atoms. The summed E-state index contributed by atoms with van der Waals surface area (Å²) in [6.45, 7) is 3.43. The van der Waals surface area contributed by atoms with Crippen molar-refractivity contribution in [2.24, 2.45) is 0 Å². The van der Waals surface area contributed by atoms with Gasteiger partial charge in [0.05, 0.1) is 4.47 Å². The van der Waals surface area contributed by atoms with Crippen molar-refractivity contribution < 1.29 is 9.50 Å². The van der Waals surface area contributed by atoms with Crippen LogP contribution in [0.2, 0.25) is 0 Å². The van der Waals surface area contributed by atoms with Crippen molar-refractivity contribution in [1.82, 2.24) is 0 Å². The molecule has 1 aromatic carbocycles. The summed E-state index contributed by atoms with van der Waals surface area (Å²) < 4.78 is 13.4. The fourth-order valence-corrected chi connectivity index (χ4v) is 1.34. The van der Waals surface area contributed by atoms with Gasteiger partial charge in [-0.15, -0.1) is 0 Å². The Morgan fingerprint density at radius 3 is 2.55 bits per heavy atom. The zero-order valence-corrected chi connectivity index (χ0v) is 7.87. The van der Waals surface area contributed by atoms with Crippen LogP contribution in [0.25, 0.3) is 0 Å². The molecule has 0 aromatic heterocycles. The number of phenols is 1. The summed E-state index contributed by atoms with van der Waals surface area (Å²) in [5.74, 6) is -0.857. The monoisotopic (exact) mass is 218 g/mol. The van der Waals surface area contributed by atoms with E-state index in [1.165, 1.54) is 0 Å². The third kappa shape index (κ3) is 1.38. The van der Waals surface area contributed by atoms with Crippen molar-refractivity contribution in [3.63, 3.8) is 0 Å². The van der Waals surface area contributed by atoms with Gasteiger partial charge in [-0.3, -0.25) is 0 Å². The average molecular weight is 219 g/mol. The first-order valence-corrected chi connectivity index (χ1v) is 3.97. The van der Waals surface area contributed by atoms with E-state index < -0.39 is 5.82 Å². The molecule has 0 radical (unpaired) electrons. The molecule has 0 heterocycles. The second kappa shape index (κ2) is 2.81. The van der Waals surface area contributed by atoms with Gasteiger partial charge in [-0.05, 0) is 47.0 Å². The average Bonchev–Trinajstić information content (AvgIpc) is 1.97. The number of aryl methyl sites for hydroxylation is 1. The normalized spacial score (nSPS) is 10.2. The molecule has 1 N–H and O–H groups in total. The van der Waals surface area contributed by atoms with E-state index in [0.717, 1.165) is 5.56 Å². The van der Waals surface area contributed by atoms with E-state index in [4.69, 9.17) is 5.11 Å². The maximum absolute atomic E-state index is 13.0. The number of hydrogen-bond acceptors (Lipinski definition) is 1. The lowest BCUT2D eigenvalue weighted by atomic mass is 10.1. The van der Waals surface area contributed by atoms with Gasteiger partial charge in [-0.25, -0.2) is 4.39 Å². The lowest BCUT2D eigenvalue weighted by Crippen LogP contribution is -1.88. The molecule has 0 aliphatic carbocycles. The fraction of sp³-hybridized carbons (Fsp3) is 0.250. The first-order chi connectivity index (χ1) is 5.04. The Hall–Kier alpha value is -0.570. The van der Waals surface area contributed by atoms with Gasteiger partial charge >= 0.3 is 0 Å². The Morgan fingerprint density at radius 2 is 2.00 bits per heavy atom. The highest BCUT2D eigenvalue weighted by Crippen LogP contribution is 2.30. The molecule has 60 valence electrons. The molecule has 0 unspecified atom stereocenters. The number of aromatic hydroxyl groups is 1. The molecule has 1 rings (SSSR count). The molecule has 0 aliphatic heterocycles. The quantitative estimate of drug-likeness (QED) is 0.711. The lowest BCUT2D eigenvalue weighted by Gasteiger charge is -2.04. The Bertz CT molecular complexity index is 270. The number of hydrogen-bond donors (Lipinski definition) is 1. The van der Waals surface area contributed by atoms with Gasteiger partial charge in [0.25, 0.3) is 0 Å². The first-order valence-electron chi connectivity index (χ1n) is 3.18. The Balaban J connectivity index is 3.46. The van der Waals surface area contributed by atoms with Crippen LogP contribution in [-0.2, 0) is 0 Å². The molecule has 0 amide bonds. The number of halogens is 2. The zero-order valence-electron chi connectivity index (χ0n) is 6.28. The van der Waals surface area contributed by atoms with Crippen molar-refractivity contribution in [2.75, 3.05) is 0 Å². The van der Waals surface area contributed by atoms with E-state index in [1.807, 2.05) is 0 Å². The van der Waals surface area contributed by atoms with E-state index in [9.17, 15) is 4.39 Å². The van der Waals surface area contributed by atoms with Crippen molar-refractivity contribution in [1.29, 1.82) is 0 Å². The lowest BCUT2D eigenvalue weighted by molar-refractivity contribution is 0.426. The highest BCUT2D eigenvalue weighted by molar-refractivity contribution is 9.10. The van der Waals surface area contributed by atoms with Crippen molar-refractivity contribution in [3.8, 4) is 5.75 Å². The summed E-state index contributed by atoms with van der Waals surface area (Å²) in [4.78, 5) is 0. The summed E-state index contributed by atoms with van der Waals surface area (Å²) in [6.07, 6.45) is 0. The predicted octanol–water partition coefficient (Wildman–Crippen LogP) is 2.91. The summed E-state index contributed by atoms with van der Waals surface area (Å²) >= 11 is 3.04. The summed E-state index contributed by atoms with van der Waals surface area (Å²) in [5.41, 5.74) is 1.32. The Labute approximate surface area is 73.0 Å². The van der Waals surface area contributed by atoms with Crippen LogP contribution in [0.15, 0.2) is 10.5 Å². The number of rotatable bonds is 0. The maximum Gasteiger partial charge on any atom is 0.169 e. The molecular formula is C8H8BrFO. The van der Waals surface area contributed by atoms with E-state index in [-0.39, 0.29) is 5.75 Å². The standard InChI is InChI=1S/C8H8BrFO/c1-4-3-6(9)8(11)7(10)5(4)2/h3,11H,1-2H3. The van der Waals surface area contributed by atoms with Crippen LogP contribution >= 0.6 is 15.9 Å². The summed E-state index contributed by atoms with van der Waals surface area (Å²) in [7, 11) is 0. The van der Waals surface area contributed by atoms with Crippen LogP contribution < -0.4 is 0 Å². The molecule has 0 bridgehead atoms. The van der Waals surface area contributed by atoms with Gasteiger partial charge in [0, 0.05) is 0 Å². The molecule has 3 heteroatoms. The third-order valence-corrected chi connectivity index (χ3v) is 2.30. The number of benzene rings is 1. The van der Waals surface area contributed by atoms with Gasteiger partial charge in [-0.2, -0.15) is 0 Å². The molecular weight excluding hydrogens is 211 g/mol. The molecule has 0 atom stereocenters. The Kier molecular flexibility index (Phi) is 2.18. The first kappa shape index (κ1) is 8.53. The molecule has 0 saturated carbocycles. The molecule has 0 saturated heterocycles. The molecule has 0 fully saturated rings. The minimum atomic E-state index is -0.545. The van der Waals surface area contributed by atoms with Crippen LogP contribution in [0.1, 0.15) is 11.1 Å². The van der Waals surface area contributed by atoms with Gasteiger partial charge in [0.1, 0.15) is 0 Å². The molecule has 0 spiro atoms. The van der Waals surface area contributed by atoms with Crippen LogP contribution in [0.3, 0.4) is 0 Å². The van der Waals surface area contributed by atoms with Gasteiger partial charge in [0.15, 0.2) is 11.6 Å². The summed E-state index contributed by atoms with van der Waals surface area (Å²) in [6, 6.07) is 1.69. The maximum atomic E-state index is 13.0. The van der Waals surface area contributed by atoms with Crippen molar-refractivity contribution in [2.45, 2.75) is 13.8 Å². The largest absolute Gasteiger partial charge is 0.504 e. The molecule has 0 aliphatic rings. The van der Waals surface area contributed by atoms with E-state index in [2.05, 4.69) is 15.9 Å². The number of phenolic OH excluding ortho intramolecular Hbond substituents is 1. The fourth-order valence-electron chi connectivity index (χ4n) is 0.822. The minimum absolute atomic E-state index is 0.312. The topological polar surface area (TPSA) is 20.2 Å². The predicted molar refractivity (Wildman–Crippen MR) is 45.2 cm³/mol. The Morgan fingerprint density at radius 1 is 1.45 bits per heavy atom. The van der Waals surface area contributed by atoms with E-state index >= 15 is 0 Å². The highest BCUT2D eigenvalue weighted by atomic mass is 79.9. The SMILES string of the molecule is Cc1cc(Br)c(O)c(F)c1C. The van der Waals surface area contributed by atoms with E-state index in [1.54, 1.807) is 19.9 Å². The second-order valence-electron chi connectivity index (χ2n) is 2.46. The second-order valence-corrected chi connectivity index (χ2v) is 3.32. The van der Waals surface area contributed by atoms with Gasteiger partial charge in [0.2, 0.25) is 0 Å². The third-order valence-electron chi connectivity index (χ3n) is 1.70. The van der Waals surface area contributed by atoms with Gasteiger partial charge in [-0.1, -0.05) is 0 Å². The smallest absolute Gasteiger partial charge is 0.169 e. The van der Waals surface area contributed by atoms with Gasteiger partial charge < -0.3 is 5.11 Å². The zero-order chi connectivity index (χ0) is 8.59. The molecule has 1 aromatic rings. The van der Waals surface area contributed by atoms with Crippen molar-refractivity contribution >= 4 is 15.9 Å².